The van der Waals surface area contributed by atoms with Crippen LogP contribution in [0.4, 0.5) is 10.5 Å². The summed E-state index contributed by atoms with van der Waals surface area (Å²) < 4.78 is 0. The van der Waals surface area contributed by atoms with Gasteiger partial charge in [0, 0.05) is 12.1 Å². The summed E-state index contributed by atoms with van der Waals surface area (Å²) >= 11 is 0. The summed E-state index contributed by atoms with van der Waals surface area (Å²) in [4.78, 5) is 34.3. The molecule has 23 heavy (non-hydrogen) atoms. The maximum Gasteiger partial charge on any atom is 0.322 e. The molecule has 0 aliphatic carbocycles. The highest BCUT2D eigenvalue weighted by Crippen LogP contribution is 2.13. The van der Waals surface area contributed by atoms with Gasteiger partial charge in [-0.3, -0.25) is 14.9 Å². The van der Waals surface area contributed by atoms with Crippen LogP contribution in [0.1, 0.15) is 25.3 Å². The molecule has 0 aromatic heterocycles. The molecular formula is C15H21ClN4O3. The molecule has 1 aliphatic heterocycles. The van der Waals surface area contributed by atoms with E-state index < -0.39 is 18.1 Å². The van der Waals surface area contributed by atoms with Gasteiger partial charge in [0.15, 0.2) is 0 Å². The van der Waals surface area contributed by atoms with Crippen molar-refractivity contribution in [2.75, 3.05) is 5.32 Å². The Bertz CT molecular complexity index is 577. The van der Waals surface area contributed by atoms with Crippen LogP contribution in [0.2, 0.25) is 0 Å². The molecule has 1 heterocycles. The molecule has 1 fully saturated rings. The number of nitrogens with one attached hydrogen (secondary N) is 3. The lowest BCUT2D eigenvalue weighted by molar-refractivity contribution is -0.120. The van der Waals surface area contributed by atoms with Crippen LogP contribution >= 0.6 is 12.4 Å². The van der Waals surface area contributed by atoms with E-state index >= 15 is 0 Å². The van der Waals surface area contributed by atoms with Gasteiger partial charge in [-0.05, 0) is 24.1 Å². The number of carbonyl (C=O) groups excluding carboxylic acids is 3. The van der Waals surface area contributed by atoms with Crippen LogP contribution in [-0.2, 0) is 16.0 Å². The van der Waals surface area contributed by atoms with Gasteiger partial charge in [0.05, 0.1) is 6.04 Å². The van der Waals surface area contributed by atoms with Crippen molar-refractivity contribution in [1.29, 1.82) is 0 Å². The first-order valence-corrected chi connectivity index (χ1v) is 7.26. The third-order valence-electron chi connectivity index (χ3n) is 3.46. The summed E-state index contributed by atoms with van der Waals surface area (Å²) in [5, 5.41) is 7.48. The van der Waals surface area contributed by atoms with E-state index in [4.69, 9.17) is 5.73 Å². The van der Waals surface area contributed by atoms with Crippen molar-refractivity contribution < 1.29 is 14.4 Å². The van der Waals surface area contributed by atoms with E-state index in [1.807, 2.05) is 6.92 Å². The van der Waals surface area contributed by atoms with Crippen LogP contribution in [0.5, 0.6) is 0 Å². The molecule has 5 N–H and O–H groups in total. The van der Waals surface area contributed by atoms with Gasteiger partial charge in [-0.25, -0.2) is 4.79 Å². The topological polar surface area (TPSA) is 113 Å². The molecule has 4 amide bonds. The van der Waals surface area contributed by atoms with Crippen molar-refractivity contribution in [3.05, 3.63) is 29.8 Å². The van der Waals surface area contributed by atoms with Crippen LogP contribution in [0.15, 0.2) is 24.3 Å². The molecule has 1 aromatic carbocycles. The minimum atomic E-state index is -0.550. The molecule has 1 aromatic rings. The molecule has 2 rings (SSSR count). The normalized spacial score (nSPS) is 17.7. The smallest absolute Gasteiger partial charge is 0.322 e. The summed E-state index contributed by atoms with van der Waals surface area (Å²) in [6.07, 6.45) is 1.89. The SMILES string of the molecule is CCCC(N)C(=O)Nc1ccc(CC2NC(=O)NC2=O)cc1.Cl. The summed E-state index contributed by atoms with van der Waals surface area (Å²) in [5.41, 5.74) is 7.29. The molecule has 2 atom stereocenters. The predicted molar refractivity (Wildman–Crippen MR) is 89.4 cm³/mol. The first kappa shape index (κ1) is 18.9. The predicted octanol–water partition coefficient (Wildman–Crippen LogP) is 0.925. The Morgan fingerprint density at radius 3 is 2.48 bits per heavy atom. The number of hydrogen-bond acceptors (Lipinski definition) is 4. The standard InChI is InChI=1S/C15H20N4O3.ClH/c1-2-3-11(16)13(20)17-10-6-4-9(5-7-10)8-12-14(21)19-15(22)18-12;/h4-7,11-12H,2-3,8,16H2,1H3,(H,17,20)(H2,18,19,21,22);1H. The summed E-state index contributed by atoms with van der Waals surface area (Å²) in [6, 6.07) is 5.58. The van der Waals surface area contributed by atoms with E-state index in [0.717, 1.165) is 12.0 Å². The van der Waals surface area contributed by atoms with Crippen molar-refractivity contribution in [1.82, 2.24) is 10.6 Å². The van der Waals surface area contributed by atoms with Crippen molar-refractivity contribution in [2.45, 2.75) is 38.3 Å². The number of halogens is 1. The first-order valence-electron chi connectivity index (χ1n) is 7.26. The molecule has 1 aliphatic rings. The summed E-state index contributed by atoms with van der Waals surface area (Å²) in [5.74, 6) is -0.537. The zero-order valence-electron chi connectivity index (χ0n) is 12.8. The number of hydrogen-bond donors (Lipinski definition) is 4. The Morgan fingerprint density at radius 2 is 1.96 bits per heavy atom. The molecule has 8 heteroatoms. The van der Waals surface area contributed by atoms with Crippen LogP contribution in [-0.4, -0.2) is 29.9 Å². The molecule has 7 nitrogen and oxygen atoms in total. The van der Waals surface area contributed by atoms with Crippen LogP contribution in [0.25, 0.3) is 0 Å². The van der Waals surface area contributed by atoms with Gasteiger partial charge in [-0.15, -0.1) is 12.4 Å². The first-order chi connectivity index (χ1) is 10.5. The Balaban J connectivity index is 0.00000264. The van der Waals surface area contributed by atoms with Crippen molar-refractivity contribution >= 4 is 35.9 Å². The van der Waals surface area contributed by atoms with Gasteiger partial charge in [0.1, 0.15) is 6.04 Å². The van der Waals surface area contributed by atoms with Gasteiger partial charge >= 0.3 is 6.03 Å². The summed E-state index contributed by atoms with van der Waals surface area (Å²) in [6.45, 7) is 1.97. The zero-order chi connectivity index (χ0) is 16.1. The fraction of sp³-hybridized carbons (Fsp3) is 0.400. The van der Waals surface area contributed by atoms with Gasteiger partial charge in [-0.2, -0.15) is 0 Å². The average Bonchev–Trinajstić information content (AvgIpc) is 2.79. The van der Waals surface area contributed by atoms with E-state index in [2.05, 4.69) is 16.0 Å². The third-order valence-corrected chi connectivity index (χ3v) is 3.46. The Labute approximate surface area is 140 Å². The molecule has 0 bridgehead atoms. The van der Waals surface area contributed by atoms with Gasteiger partial charge in [0.25, 0.3) is 5.91 Å². The second-order valence-electron chi connectivity index (χ2n) is 5.30. The van der Waals surface area contributed by atoms with Crippen LogP contribution < -0.4 is 21.7 Å². The second-order valence-corrected chi connectivity index (χ2v) is 5.30. The minimum absolute atomic E-state index is 0. The summed E-state index contributed by atoms with van der Waals surface area (Å²) in [7, 11) is 0. The molecule has 2 unspecified atom stereocenters. The Morgan fingerprint density at radius 1 is 1.30 bits per heavy atom. The van der Waals surface area contributed by atoms with Gasteiger partial charge < -0.3 is 16.4 Å². The van der Waals surface area contributed by atoms with Crippen molar-refractivity contribution in [3.8, 4) is 0 Å². The Kier molecular flexibility index (Phi) is 6.99. The zero-order valence-corrected chi connectivity index (χ0v) is 13.6. The molecule has 0 saturated carbocycles. The maximum absolute atomic E-state index is 11.8. The number of urea groups is 1. The van der Waals surface area contributed by atoms with Crippen LogP contribution in [0.3, 0.4) is 0 Å². The lowest BCUT2D eigenvalue weighted by atomic mass is 10.1. The highest BCUT2D eigenvalue weighted by Gasteiger charge is 2.29. The quantitative estimate of drug-likeness (QED) is 0.577. The fourth-order valence-electron chi connectivity index (χ4n) is 2.24. The molecule has 0 radical (unpaired) electrons. The number of imide groups is 1. The molecule has 126 valence electrons. The molecule has 0 spiro atoms. The fourth-order valence-corrected chi connectivity index (χ4v) is 2.24. The highest BCUT2D eigenvalue weighted by molar-refractivity contribution is 6.04. The number of anilines is 1. The number of rotatable bonds is 6. The van der Waals surface area contributed by atoms with Gasteiger partial charge in [-0.1, -0.05) is 25.5 Å². The van der Waals surface area contributed by atoms with Crippen molar-refractivity contribution in [3.63, 3.8) is 0 Å². The van der Waals surface area contributed by atoms with E-state index in [0.29, 0.717) is 18.5 Å². The lowest BCUT2D eigenvalue weighted by Gasteiger charge is -2.12. The minimum Gasteiger partial charge on any atom is -0.326 e. The highest BCUT2D eigenvalue weighted by atomic mass is 35.5. The third kappa shape index (κ3) is 5.22. The van der Waals surface area contributed by atoms with Crippen LogP contribution in [0, 0.1) is 0 Å². The second kappa shape index (κ2) is 8.50. The van der Waals surface area contributed by atoms with Crippen molar-refractivity contribution in [2.24, 2.45) is 5.73 Å². The van der Waals surface area contributed by atoms with E-state index in [1.165, 1.54) is 0 Å². The molecule has 1 saturated heterocycles. The maximum atomic E-state index is 11.8. The van der Waals surface area contributed by atoms with E-state index in [1.54, 1.807) is 24.3 Å². The molecular weight excluding hydrogens is 320 g/mol. The number of benzene rings is 1. The van der Waals surface area contributed by atoms with E-state index in [9.17, 15) is 14.4 Å². The number of amides is 4. The number of carbonyl (C=O) groups is 3. The van der Waals surface area contributed by atoms with E-state index in [-0.39, 0.29) is 24.2 Å². The number of nitrogens with two attached hydrogens (primary N) is 1. The monoisotopic (exact) mass is 340 g/mol. The Hall–Kier alpha value is -2.12. The average molecular weight is 341 g/mol. The van der Waals surface area contributed by atoms with Gasteiger partial charge in [0.2, 0.25) is 5.91 Å². The lowest BCUT2D eigenvalue weighted by Crippen LogP contribution is -2.35. The largest absolute Gasteiger partial charge is 0.326 e.